The molecule has 0 aliphatic rings. The van der Waals surface area contributed by atoms with Gasteiger partial charge in [0.1, 0.15) is 0 Å². The van der Waals surface area contributed by atoms with Gasteiger partial charge in [0.25, 0.3) is 0 Å². The van der Waals surface area contributed by atoms with Crippen molar-refractivity contribution in [3.05, 3.63) is 29.0 Å². The van der Waals surface area contributed by atoms with Crippen molar-refractivity contribution < 1.29 is 4.52 Å². The van der Waals surface area contributed by atoms with E-state index in [1.165, 1.54) is 0 Å². The van der Waals surface area contributed by atoms with Gasteiger partial charge in [0.15, 0.2) is 5.42 Å². The van der Waals surface area contributed by atoms with Crippen LogP contribution in [0.15, 0.2) is 22.9 Å². The fraction of sp³-hybridized carbons (Fsp3) is 0.222. The van der Waals surface area contributed by atoms with Gasteiger partial charge in [0.05, 0.1) is 6.20 Å². The Labute approximate surface area is 65.5 Å². The molecule has 0 fully saturated rings. The first-order valence-corrected chi connectivity index (χ1v) is 3.48. The summed E-state index contributed by atoms with van der Waals surface area (Å²) in [7, 11) is 0. The Morgan fingerprint density at radius 3 is 3.00 bits per heavy atom. The van der Waals surface area contributed by atoms with Gasteiger partial charge in [-0.2, -0.15) is 0 Å². The average Bonchev–Trinajstić information content (AvgIpc) is 2.34. The molecule has 2 nitrogen and oxygen atoms in total. The Hall–Kier alpha value is -1.31. The molecule has 11 heavy (non-hydrogen) atoms. The van der Waals surface area contributed by atoms with E-state index in [9.17, 15) is 0 Å². The molecule has 0 bridgehead atoms. The third-order valence-electron chi connectivity index (χ3n) is 1.32. The summed E-state index contributed by atoms with van der Waals surface area (Å²) in [6, 6.07) is 0. The molecular formula is C9H11NO. The van der Waals surface area contributed by atoms with E-state index in [1.54, 1.807) is 6.20 Å². The maximum Gasteiger partial charge on any atom is 0.166 e. The van der Waals surface area contributed by atoms with Crippen molar-refractivity contribution in [1.82, 2.24) is 5.16 Å². The Morgan fingerprint density at radius 2 is 2.45 bits per heavy atom. The van der Waals surface area contributed by atoms with Crippen LogP contribution in [0.4, 0.5) is 0 Å². The van der Waals surface area contributed by atoms with Gasteiger partial charge < -0.3 is 4.52 Å². The minimum atomic E-state index is 0.778. The molecule has 0 aliphatic heterocycles. The van der Waals surface area contributed by atoms with E-state index in [0.29, 0.717) is 0 Å². The van der Waals surface area contributed by atoms with Crippen LogP contribution in [0.3, 0.4) is 0 Å². The molecule has 2 heteroatoms. The van der Waals surface area contributed by atoms with E-state index in [4.69, 9.17) is 4.52 Å². The van der Waals surface area contributed by atoms with Gasteiger partial charge in [0.2, 0.25) is 0 Å². The van der Waals surface area contributed by atoms with Crippen LogP contribution in [0.2, 0.25) is 0 Å². The predicted octanol–water partition coefficient (Wildman–Crippen LogP) is 0.832. The van der Waals surface area contributed by atoms with Gasteiger partial charge in [-0.05, 0) is 19.9 Å². The lowest BCUT2D eigenvalue weighted by Crippen LogP contribution is -2.18. The summed E-state index contributed by atoms with van der Waals surface area (Å²) < 4.78 is 4.97. The molecular weight excluding hydrogens is 138 g/mol. The second-order valence-corrected chi connectivity index (χ2v) is 2.42. The highest BCUT2D eigenvalue weighted by Crippen LogP contribution is 1.84. The molecule has 0 N–H and O–H groups in total. The zero-order valence-corrected chi connectivity index (χ0v) is 6.79. The summed E-state index contributed by atoms with van der Waals surface area (Å²) in [5.41, 5.74) is 1.74. The van der Waals surface area contributed by atoms with Crippen LogP contribution in [-0.4, -0.2) is 5.16 Å². The average molecular weight is 149 g/mol. The van der Waals surface area contributed by atoms with E-state index < -0.39 is 0 Å². The third-order valence-corrected chi connectivity index (χ3v) is 1.32. The second kappa shape index (κ2) is 3.19. The molecule has 0 radical (unpaired) electrons. The maximum atomic E-state index is 4.97. The molecule has 1 aromatic heterocycles. The monoisotopic (exact) mass is 149 g/mol. The molecule has 0 spiro atoms. The number of nitrogens with zero attached hydrogens (tertiary/aromatic N) is 1. The molecule has 0 saturated carbocycles. The van der Waals surface area contributed by atoms with Crippen LogP contribution in [0.5, 0.6) is 0 Å². The van der Waals surface area contributed by atoms with Crippen LogP contribution >= 0.6 is 0 Å². The Morgan fingerprint density at radius 1 is 1.73 bits per heavy atom. The summed E-state index contributed by atoms with van der Waals surface area (Å²) in [6.45, 7) is 7.61. The van der Waals surface area contributed by atoms with Crippen molar-refractivity contribution in [1.29, 1.82) is 0 Å². The molecule has 0 unspecified atom stereocenters. The van der Waals surface area contributed by atoms with Gasteiger partial charge in [-0.15, -0.1) is 0 Å². The van der Waals surface area contributed by atoms with Crippen LogP contribution in [0.1, 0.15) is 13.8 Å². The van der Waals surface area contributed by atoms with Crippen LogP contribution in [-0.2, 0) is 0 Å². The SMILES string of the molecule is C=C(C)/C=c1/onc/c1=C/C. The number of hydrogen-bond donors (Lipinski definition) is 0. The van der Waals surface area contributed by atoms with Crippen molar-refractivity contribution in [3.63, 3.8) is 0 Å². The fourth-order valence-corrected chi connectivity index (χ4v) is 0.807. The number of hydrogen-bond acceptors (Lipinski definition) is 2. The molecule has 1 rings (SSSR count). The van der Waals surface area contributed by atoms with Crippen molar-refractivity contribution in [2.45, 2.75) is 13.8 Å². The van der Waals surface area contributed by atoms with E-state index in [2.05, 4.69) is 11.7 Å². The molecule has 0 saturated heterocycles. The van der Waals surface area contributed by atoms with Crippen LogP contribution in [0.25, 0.3) is 12.2 Å². The maximum absolute atomic E-state index is 4.97. The summed E-state index contributed by atoms with van der Waals surface area (Å²) >= 11 is 0. The third kappa shape index (κ3) is 1.80. The van der Waals surface area contributed by atoms with Crippen molar-refractivity contribution in [3.8, 4) is 0 Å². The summed E-state index contributed by atoms with van der Waals surface area (Å²) in [5.74, 6) is 0. The van der Waals surface area contributed by atoms with Gasteiger partial charge in [0, 0.05) is 5.22 Å². The van der Waals surface area contributed by atoms with Crippen molar-refractivity contribution >= 4 is 12.2 Å². The highest BCUT2D eigenvalue weighted by atomic mass is 16.5. The summed E-state index contributed by atoms with van der Waals surface area (Å²) in [6.07, 6.45) is 5.50. The molecule has 1 aromatic rings. The quantitative estimate of drug-likeness (QED) is 0.591. The molecule has 0 aromatic carbocycles. The van der Waals surface area contributed by atoms with Crippen LogP contribution in [0, 0.1) is 0 Å². The van der Waals surface area contributed by atoms with Gasteiger partial charge in [-0.25, -0.2) is 0 Å². The van der Waals surface area contributed by atoms with Gasteiger partial charge in [-0.3, -0.25) is 0 Å². The lowest BCUT2D eigenvalue weighted by atomic mass is 10.3. The molecule has 0 atom stereocenters. The highest BCUT2D eigenvalue weighted by Gasteiger charge is 1.87. The zero-order chi connectivity index (χ0) is 8.27. The van der Waals surface area contributed by atoms with E-state index in [1.807, 2.05) is 26.0 Å². The summed E-state index contributed by atoms with van der Waals surface area (Å²) in [5, 5.41) is 4.67. The van der Waals surface area contributed by atoms with Gasteiger partial charge in [-0.1, -0.05) is 23.4 Å². The standard InChI is InChI=1S/C9H11NO/c1-4-8-6-10-11-9(8)5-7(2)3/h4-6H,2H2,1,3H3/b8-4-,9-5+. The lowest BCUT2D eigenvalue weighted by molar-refractivity contribution is 0.394. The van der Waals surface area contributed by atoms with E-state index in [0.717, 1.165) is 16.2 Å². The summed E-state index contributed by atoms with van der Waals surface area (Å²) in [4.78, 5) is 0. The Kier molecular flexibility index (Phi) is 2.26. The van der Waals surface area contributed by atoms with Crippen molar-refractivity contribution in [2.75, 3.05) is 0 Å². The Bertz CT molecular complexity index is 359. The molecule has 58 valence electrons. The largest absolute Gasteiger partial charge is 0.356 e. The number of aromatic nitrogens is 1. The molecule has 0 aliphatic carbocycles. The second-order valence-electron chi connectivity index (χ2n) is 2.42. The lowest BCUT2D eigenvalue weighted by Gasteiger charge is -1.79. The number of rotatable bonds is 1. The first kappa shape index (κ1) is 7.79. The first-order valence-electron chi connectivity index (χ1n) is 3.48. The fourth-order valence-electron chi connectivity index (χ4n) is 0.807. The van der Waals surface area contributed by atoms with Crippen molar-refractivity contribution in [2.24, 2.45) is 0 Å². The topological polar surface area (TPSA) is 26.0 Å². The number of allylic oxidation sites excluding steroid dienone is 1. The van der Waals surface area contributed by atoms with E-state index >= 15 is 0 Å². The minimum absolute atomic E-state index is 0.778. The first-order chi connectivity index (χ1) is 5.24. The normalized spacial score (nSPS) is 14.0. The molecule has 0 amide bonds. The zero-order valence-electron chi connectivity index (χ0n) is 6.79. The minimum Gasteiger partial charge on any atom is -0.356 e. The van der Waals surface area contributed by atoms with E-state index in [-0.39, 0.29) is 0 Å². The predicted molar refractivity (Wildman–Crippen MR) is 45.2 cm³/mol. The highest BCUT2D eigenvalue weighted by molar-refractivity contribution is 5.41. The Balaban J connectivity index is 3.35. The van der Waals surface area contributed by atoms with Gasteiger partial charge >= 0.3 is 0 Å². The molecule has 1 heterocycles. The van der Waals surface area contributed by atoms with Crippen LogP contribution < -0.4 is 10.6 Å². The smallest absolute Gasteiger partial charge is 0.166 e.